The van der Waals surface area contributed by atoms with Crippen molar-refractivity contribution in [2.45, 2.75) is 50.2 Å². The molecule has 0 amide bonds. The van der Waals surface area contributed by atoms with E-state index in [0.29, 0.717) is 11.8 Å². The van der Waals surface area contributed by atoms with Gasteiger partial charge in [-0.3, -0.25) is 0 Å². The molecule has 18 heavy (non-hydrogen) atoms. The first-order valence-corrected chi connectivity index (χ1v) is 7.16. The van der Waals surface area contributed by atoms with Crippen LogP contribution in [-0.4, -0.2) is 16.3 Å². The number of benzene rings is 1. The van der Waals surface area contributed by atoms with Crippen molar-refractivity contribution < 1.29 is 10.2 Å². The van der Waals surface area contributed by atoms with Gasteiger partial charge in [0.05, 0.1) is 6.10 Å². The van der Waals surface area contributed by atoms with E-state index < -0.39 is 11.7 Å². The van der Waals surface area contributed by atoms with E-state index in [4.69, 9.17) is 0 Å². The number of aliphatic hydroxyl groups is 2. The van der Waals surface area contributed by atoms with Gasteiger partial charge in [0.1, 0.15) is 5.60 Å². The van der Waals surface area contributed by atoms with Gasteiger partial charge in [-0.25, -0.2) is 0 Å². The van der Waals surface area contributed by atoms with E-state index in [1.54, 1.807) is 0 Å². The van der Waals surface area contributed by atoms with Gasteiger partial charge in [0.2, 0.25) is 0 Å². The largest absolute Gasteiger partial charge is 0.390 e. The van der Waals surface area contributed by atoms with Crippen LogP contribution in [-0.2, 0) is 5.60 Å². The maximum atomic E-state index is 10.9. The van der Waals surface area contributed by atoms with Crippen molar-refractivity contribution in [1.82, 2.24) is 0 Å². The monoisotopic (exact) mass is 246 g/mol. The smallest absolute Gasteiger partial charge is 0.116 e. The van der Waals surface area contributed by atoms with Gasteiger partial charge in [-0.05, 0) is 30.2 Å². The molecule has 2 N–H and O–H groups in total. The molecular weight excluding hydrogens is 224 g/mol. The Bertz CT molecular complexity index is 403. The third kappa shape index (κ3) is 1.98. The number of aliphatic hydroxyl groups excluding tert-OH is 1. The minimum absolute atomic E-state index is 0.590. The molecule has 0 spiro atoms. The second-order valence-corrected chi connectivity index (χ2v) is 6.05. The van der Waals surface area contributed by atoms with Crippen molar-refractivity contribution in [3.8, 4) is 0 Å². The molecule has 2 aliphatic rings. The summed E-state index contributed by atoms with van der Waals surface area (Å²) in [6.45, 7) is 0. The summed E-state index contributed by atoms with van der Waals surface area (Å²) in [5, 5.41) is 21.3. The molecule has 0 saturated heterocycles. The minimum atomic E-state index is -1.03. The molecule has 0 radical (unpaired) electrons. The van der Waals surface area contributed by atoms with Gasteiger partial charge in [-0.1, -0.05) is 56.0 Å². The summed E-state index contributed by atoms with van der Waals surface area (Å²) in [5.41, 5.74) is -0.152. The van der Waals surface area contributed by atoms with Gasteiger partial charge in [0, 0.05) is 0 Å². The summed E-state index contributed by atoms with van der Waals surface area (Å²) < 4.78 is 0. The van der Waals surface area contributed by atoms with Crippen LogP contribution in [0.3, 0.4) is 0 Å². The molecule has 3 rings (SSSR count). The highest BCUT2D eigenvalue weighted by Crippen LogP contribution is 2.48. The molecule has 2 aliphatic carbocycles. The zero-order valence-electron chi connectivity index (χ0n) is 10.8. The van der Waals surface area contributed by atoms with E-state index in [2.05, 4.69) is 0 Å². The number of fused-ring (bicyclic) bond motifs is 1. The Morgan fingerprint density at radius 1 is 1.00 bits per heavy atom. The Balaban J connectivity index is 1.87. The van der Waals surface area contributed by atoms with Crippen molar-refractivity contribution >= 4 is 0 Å². The summed E-state index contributed by atoms with van der Waals surface area (Å²) >= 11 is 0. The Labute approximate surface area is 109 Å². The molecule has 2 saturated carbocycles. The molecule has 0 bridgehead atoms. The fourth-order valence-electron chi connectivity index (χ4n) is 3.92. The van der Waals surface area contributed by atoms with E-state index in [1.807, 2.05) is 30.3 Å². The quantitative estimate of drug-likeness (QED) is 0.800. The molecule has 2 fully saturated rings. The maximum Gasteiger partial charge on any atom is 0.116 e. The molecule has 1 aromatic carbocycles. The second kappa shape index (κ2) is 4.67. The number of rotatable bonds is 1. The number of hydrogen-bond acceptors (Lipinski definition) is 2. The van der Waals surface area contributed by atoms with Gasteiger partial charge in [0.15, 0.2) is 0 Å². The van der Waals surface area contributed by atoms with Crippen LogP contribution < -0.4 is 0 Å². The van der Waals surface area contributed by atoms with Crippen molar-refractivity contribution in [3.63, 3.8) is 0 Å². The number of hydrogen-bond donors (Lipinski definition) is 2. The lowest BCUT2D eigenvalue weighted by Crippen LogP contribution is -2.48. The molecule has 2 nitrogen and oxygen atoms in total. The first-order valence-electron chi connectivity index (χ1n) is 7.16. The topological polar surface area (TPSA) is 40.5 Å². The second-order valence-electron chi connectivity index (χ2n) is 6.05. The average molecular weight is 246 g/mol. The van der Waals surface area contributed by atoms with Crippen LogP contribution in [0.1, 0.15) is 44.1 Å². The van der Waals surface area contributed by atoms with Gasteiger partial charge < -0.3 is 10.2 Å². The highest BCUT2D eigenvalue weighted by atomic mass is 16.3. The predicted octanol–water partition coefficient (Wildman–Crippen LogP) is 2.84. The van der Waals surface area contributed by atoms with Crippen LogP contribution in [0.5, 0.6) is 0 Å². The standard InChI is InChI=1S/C16H22O2/c17-15-10-12-6-4-5-7-13(12)11-16(15,18)14-8-2-1-3-9-14/h1-3,8-9,12-13,15,17-18H,4-7,10-11H2/t12-,13-,15-,16+/m0/s1. The normalized spacial score (nSPS) is 40.2. The third-order valence-electron chi connectivity index (χ3n) is 4.99. The molecule has 2 heteroatoms. The van der Waals surface area contributed by atoms with Gasteiger partial charge >= 0.3 is 0 Å². The molecule has 1 aromatic rings. The Hall–Kier alpha value is -0.860. The lowest BCUT2D eigenvalue weighted by molar-refractivity contribution is -0.141. The minimum Gasteiger partial charge on any atom is -0.390 e. The van der Waals surface area contributed by atoms with Crippen molar-refractivity contribution in [1.29, 1.82) is 0 Å². The van der Waals surface area contributed by atoms with E-state index in [9.17, 15) is 10.2 Å². The summed E-state index contributed by atoms with van der Waals surface area (Å²) in [7, 11) is 0. The Morgan fingerprint density at radius 2 is 1.67 bits per heavy atom. The van der Waals surface area contributed by atoms with Crippen LogP contribution in [0.2, 0.25) is 0 Å². The van der Waals surface area contributed by atoms with E-state index >= 15 is 0 Å². The Morgan fingerprint density at radius 3 is 2.39 bits per heavy atom. The first-order chi connectivity index (χ1) is 8.70. The SMILES string of the molecule is O[C@H]1C[C@@H]2CCCC[C@H]2C[C@@]1(O)c1ccccc1. The van der Waals surface area contributed by atoms with E-state index in [0.717, 1.165) is 18.4 Å². The highest BCUT2D eigenvalue weighted by molar-refractivity contribution is 5.25. The zero-order valence-corrected chi connectivity index (χ0v) is 10.8. The fraction of sp³-hybridized carbons (Fsp3) is 0.625. The molecule has 4 atom stereocenters. The van der Waals surface area contributed by atoms with Crippen LogP contribution in [0, 0.1) is 11.8 Å². The maximum absolute atomic E-state index is 10.9. The fourth-order valence-corrected chi connectivity index (χ4v) is 3.92. The molecule has 0 heterocycles. The summed E-state index contributed by atoms with van der Waals surface area (Å²) in [4.78, 5) is 0. The third-order valence-corrected chi connectivity index (χ3v) is 4.99. The van der Waals surface area contributed by atoms with Crippen LogP contribution in [0.4, 0.5) is 0 Å². The molecule has 0 aliphatic heterocycles. The lowest BCUT2D eigenvalue weighted by Gasteiger charge is -2.47. The van der Waals surface area contributed by atoms with Crippen LogP contribution >= 0.6 is 0 Å². The average Bonchev–Trinajstić information content (AvgIpc) is 2.41. The summed E-state index contributed by atoms with van der Waals surface area (Å²) in [6, 6.07) is 9.70. The molecule has 0 unspecified atom stereocenters. The molecule has 0 aromatic heterocycles. The predicted molar refractivity (Wildman–Crippen MR) is 71.0 cm³/mol. The van der Waals surface area contributed by atoms with E-state index in [-0.39, 0.29) is 0 Å². The summed E-state index contributed by atoms with van der Waals surface area (Å²) in [6.07, 6.45) is 5.89. The Kier molecular flexibility index (Phi) is 3.16. The van der Waals surface area contributed by atoms with Crippen LogP contribution in [0.25, 0.3) is 0 Å². The summed E-state index contributed by atoms with van der Waals surface area (Å²) in [5.74, 6) is 1.21. The molecule has 98 valence electrons. The van der Waals surface area contributed by atoms with Crippen molar-refractivity contribution in [2.75, 3.05) is 0 Å². The highest BCUT2D eigenvalue weighted by Gasteiger charge is 2.47. The van der Waals surface area contributed by atoms with E-state index in [1.165, 1.54) is 25.7 Å². The lowest BCUT2D eigenvalue weighted by atomic mass is 9.63. The van der Waals surface area contributed by atoms with Crippen LogP contribution in [0.15, 0.2) is 30.3 Å². The van der Waals surface area contributed by atoms with Gasteiger partial charge in [-0.15, -0.1) is 0 Å². The zero-order chi connectivity index (χ0) is 12.6. The van der Waals surface area contributed by atoms with Crippen molar-refractivity contribution in [3.05, 3.63) is 35.9 Å². The van der Waals surface area contributed by atoms with Gasteiger partial charge in [-0.2, -0.15) is 0 Å². The first kappa shape index (κ1) is 12.2. The molecular formula is C16H22O2. The van der Waals surface area contributed by atoms with Crippen molar-refractivity contribution in [2.24, 2.45) is 11.8 Å². The van der Waals surface area contributed by atoms with Gasteiger partial charge in [0.25, 0.3) is 0 Å².